The number of rotatable bonds is 9. The molecule has 0 heterocycles. The van der Waals surface area contributed by atoms with Crippen LogP contribution in [0.25, 0.3) is 0 Å². The van der Waals surface area contributed by atoms with Gasteiger partial charge in [0.15, 0.2) is 0 Å². The molecule has 2 nitrogen and oxygen atoms in total. The van der Waals surface area contributed by atoms with Crippen LogP contribution in [0.5, 0.6) is 5.75 Å². The molecule has 0 amide bonds. The van der Waals surface area contributed by atoms with E-state index in [0.717, 1.165) is 25.9 Å². The van der Waals surface area contributed by atoms with Crippen LogP contribution in [0, 0.1) is 5.82 Å². The maximum atomic E-state index is 12.8. The number of ether oxygens (including phenoxy) is 1. The summed E-state index contributed by atoms with van der Waals surface area (Å²) in [5.74, 6) is 0.224. The Morgan fingerprint density at radius 2 is 2.00 bits per heavy atom. The number of halogens is 2. The Hall–Kier alpha value is -0.800. The molecule has 1 aromatic rings. The molecule has 0 aliphatic carbocycles. The zero-order valence-corrected chi connectivity index (χ0v) is 11.6. The van der Waals surface area contributed by atoms with Crippen molar-refractivity contribution < 1.29 is 9.13 Å². The van der Waals surface area contributed by atoms with Crippen LogP contribution in [0.1, 0.15) is 32.6 Å². The summed E-state index contributed by atoms with van der Waals surface area (Å²) in [7, 11) is 0. The molecule has 4 heteroatoms. The smallest absolute Gasteiger partial charge is 0.138 e. The number of hydrogen-bond acceptors (Lipinski definition) is 2. The van der Waals surface area contributed by atoms with Gasteiger partial charge in [0.2, 0.25) is 0 Å². The van der Waals surface area contributed by atoms with Gasteiger partial charge in [-0.1, -0.05) is 31.4 Å². The fourth-order valence-electron chi connectivity index (χ4n) is 1.66. The minimum Gasteiger partial charge on any atom is -0.492 e. The minimum absolute atomic E-state index is 0.335. The van der Waals surface area contributed by atoms with Crippen LogP contribution in [0.4, 0.5) is 4.39 Å². The molecule has 0 saturated carbocycles. The first-order valence-electron chi connectivity index (χ1n) is 6.52. The highest BCUT2D eigenvalue weighted by atomic mass is 35.5. The second kappa shape index (κ2) is 9.17. The van der Waals surface area contributed by atoms with E-state index in [1.54, 1.807) is 6.07 Å². The van der Waals surface area contributed by atoms with Crippen molar-refractivity contribution in [2.45, 2.75) is 32.6 Å². The maximum Gasteiger partial charge on any atom is 0.138 e. The van der Waals surface area contributed by atoms with Crippen LogP contribution in [-0.4, -0.2) is 19.7 Å². The maximum absolute atomic E-state index is 12.8. The molecule has 0 radical (unpaired) electrons. The first-order chi connectivity index (χ1) is 8.74. The highest BCUT2D eigenvalue weighted by Crippen LogP contribution is 2.24. The van der Waals surface area contributed by atoms with Gasteiger partial charge in [0.25, 0.3) is 0 Å². The van der Waals surface area contributed by atoms with Crippen molar-refractivity contribution in [3.63, 3.8) is 0 Å². The molecule has 102 valence electrons. The first kappa shape index (κ1) is 15.3. The van der Waals surface area contributed by atoms with Crippen molar-refractivity contribution in [2.24, 2.45) is 0 Å². The van der Waals surface area contributed by atoms with Gasteiger partial charge in [0.1, 0.15) is 11.6 Å². The largest absolute Gasteiger partial charge is 0.492 e. The van der Waals surface area contributed by atoms with Crippen molar-refractivity contribution >= 4 is 11.6 Å². The van der Waals surface area contributed by atoms with E-state index >= 15 is 0 Å². The van der Waals surface area contributed by atoms with Crippen LogP contribution in [0.2, 0.25) is 5.02 Å². The van der Waals surface area contributed by atoms with Gasteiger partial charge in [0.05, 0.1) is 11.6 Å². The summed E-state index contributed by atoms with van der Waals surface area (Å²) in [5.41, 5.74) is 0. The fraction of sp³-hybridized carbons (Fsp3) is 0.571. The molecule has 0 fully saturated rings. The number of nitrogens with one attached hydrogen (secondary N) is 1. The van der Waals surface area contributed by atoms with Crippen molar-refractivity contribution in [1.82, 2.24) is 5.32 Å². The van der Waals surface area contributed by atoms with Crippen molar-refractivity contribution in [1.29, 1.82) is 0 Å². The molecule has 0 atom stereocenters. The molecule has 1 aromatic carbocycles. The fourth-order valence-corrected chi connectivity index (χ4v) is 1.88. The summed E-state index contributed by atoms with van der Waals surface area (Å²) < 4.78 is 18.3. The summed E-state index contributed by atoms with van der Waals surface area (Å²) in [4.78, 5) is 0. The van der Waals surface area contributed by atoms with Crippen molar-refractivity contribution in [2.75, 3.05) is 19.7 Å². The van der Waals surface area contributed by atoms with Crippen LogP contribution in [0.3, 0.4) is 0 Å². The monoisotopic (exact) mass is 273 g/mol. The Labute approximate surface area is 113 Å². The van der Waals surface area contributed by atoms with Crippen molar-refractivity contribution in [3.05, 3.63) is 29.0 Å². The molecule has 0 aromatic heterocycles. The first-order valence-corrected chi connectivity index (χ1v) is 6.90. The molecule has 18 heavy (non-hydrogen) atoms. The Morgan fingerprint density at radius 1 is 1.22 bits per heavy atom. The van der Waals surface area contributed by atoms with E-state index in [1.165, 1.54) is 25.0 Å². The molecular formula is C14H21ClFNO. The van der Waals surface area contributed by atoms with Crippen LogP contribution < -0.4 is 10.1 Å². The van der Waals surface area contributed by atoms with Gasteiger partial charge in [-0.25, -0.2) is 4.39 Å². The van der Waals surface area contributed by atoms with E-state index in [9.17, 15) is 4.39 Å². The summed E-state index contributed by atoms with van der Waals surface area (Å²) in [6.45, 7) is 4.86. The second-order valence-corrected chi connectivity index (χ2v) is 4.60. The molecule has 0 aliphatic rings. The SMILES string of the molecule is CCNCCCCCCOc1ccc(F)cc1Cl. The molecule has 1 rings (SSSR count). The van der Waals surface area contributed by atoms with Gasteiger partial charge in [-0.2, -0.15) is 0 Å². The second-order valence-electron chi connectivity index (χ2n) is 4.19. The Bertz CT molecular complexity index is 347. The molecule has 0 aliphatic heterocycles. The van der Waals surface area contributed by atoms with Crippen molar-refractivity contribution in [3.8, 4) is 5.75 Å². The normalized spacial score (nSPS) is 10.6. The van der Waals surface area contributed by atoms with Crippen LogP contribution in [0.15, 0.2) is 18.2 Å². The minimum atomic E-state index is -0.337. The van der Waals surface area contributed by atoms with Gasteiger partial charge in [-0.15, -0.1) is 0 Å². The third-order valence-corrected chi connectivity index (χ3v) is 2.94. The summed E-state index contributed by atoms with van der Waals surface area (Å²) in [6.07, 6.45) is 4.54. The van der Waals surface area contributed by atoms with E-state index in [1.807, 2.05) is 0 Å². The Balaban J connectivity index is 2.07. The zero-order chi connectivity index (χ0) is 13.2. The van der Waals surface area contributed by atoms with E-state index < -0.39 is 0 Å². The van der Waals surface area contributed by atoms with E-state index in [4.69, 9.17) is 16.3 Å². The molecular weight excluding hydrogens is 253 g/mol. The summed E-state index contributed by atoms with van der Waals surface area (Å²) >= 11 is 5.85. The lowest BCUT2D eigenvalue weighted by molar-refractivity contribution is 0.304. The lowest BCUT2D eigenvalue weighted by atomic mass is 10.2. The molecule has 0 unspecified atom stereocenters. The Kier molecular flexibility index (Phi) is 7.78. The topological polar surface area (TPSA) is 21.3 Å². The summed E-state index contributed by atoms with van der Waals surface area (Å²) in [5, 5.41) is 3.63. The third-order valence-electron chi connectivity index (χ3n) is 2.65. The number of hydrogen-bond donors (Lipinski definition) is 1. The average Bonchev–Trinajstić information content (AvgIpc) is 2.35. The van der Waals surface area contributed by atoms with Gasteiger partial charge >= 0.3 is 0 Å². The predicted molar refractivity (Wildman–Crippen MR) is 73.9 cm³/mol. The zero-order valence-electron chi connectivity index (χ0n) is 10.8. The predicted octanol–water partition coefficient (Wildman–Crippen LogP) is 4.03. The van der Waals surface area contributed by atoms with Crippen LogP contribution in [-0.2, 0) is 0 Å². The van der Waals surface area contributed by atoms with E-state index in [0.29, 0.717) is 17.4 Å². The van der Waals surface area contributed by atoms with E-state index in [2.05, 4.69) is 12.2 Å². The van der Waals surface area contributed by atoms with Gasteiger partial charge in [-0.05, 0) is 44.1 Å². The average molecular weight is 274 g/mol. The Morgan fingerprint density at radius 3 is 2.72 bits per heavy atom. The van der Waals surface area contributed by atoms with Crippen LogP contribution >= 0.6 is 11.6 Å². The molecule has 0 spiro atoms. The lowest BCUT2D eigenvalue weighted by Gasteiger charge is -2.08. The highest BCUT2D eigenvalue weighted by molar-refractivity contribution is 6.32. The number of benzene rings is 1. The quantitative estimate of drug-likeness (QED) is 0.686. The third kappa shape index (κ3) is 6.22. The van der Waals surface area contributed by atoms with E-state index in [-0.39, 0.29) is 5.82 Å². The number of unbranched alkanes of at least 4 members (excludes halogenated alkanes) is 3. The standard InChI is InChI=1S/C14H21ClFNO/c1-2-17-9-5-3-4-6-10-18-14-8-7-12(16)11-13(14)15/h7-8,11,17H,2-6,9-10H2,1H3. The molecule has 0 bridgehead atoms. The molecule has 0 saturated heterocycles. The van der Waals surface area contributed by atoms with Gasteiger partial charge < -0.3 is 10.1 Å². The highest BCUT2D eigenvalue weighted by Gasteiger charge is 2.02. The lowest BCUT2D eigenvalue weighted by Crippen LogP contribution is -2.13. The van der Waals surface area contributed by atoms with Gasteiger partial charge in [-0.3, -0.25) is 0 Å². The molecule has 1 N–H and O–H groups in total. The van der Waals surface area contributed by atoms with Gasteiger partial charge in [0, 0.05) is 0 Å². The summed E-state index contributed by atoms with van der Waals surface area (Å²) in [6, 6.07) is 4.20.